The van der Waals surface area contributed by atoms with Crippen LogP contribution in [-0.4, -0.2) is 20.9 Å². The molecule has 3 aromatic carbocycles. The third kappa shape index (κ3) is 3.27. The average Bonchev–Trinajstić information content (AvgIpc) is 3.35. The van der Waals surface area contributed by atoms with Crippen molar-refractivity contribution in [1.82, 2.24) is 15.0 Å². The van der Waals surface area contributed by atoms with Crippen molar-refractivity contribution < 1.29 is 9.18 Å². The Labute approximate surface area is 176 Å². The van der Waals surface area contributed by atoms with Crippen LogP contribution in [0.15, 0.2) is 72.9 Å². The number of amides is 1. The van der Waals surface area contributed by atoms with Crippen LogP contribution < -0.4 is 5.32 Å². The van der Waals surface area contributed by atoms with Gasteiger partial charge in [-0.1, -0.05) is 53.2 Å². The summed E-state index contributed by atoms with van der Waals surface area (Å²) in [6.45, 7) is 0. The van der Waals surface area contributed by atoms with Crippen molar-refractivity contribution in [3.05, 3.63) is 94.9 Å². The maximum absolute atomic E-state index is 13.6. The summed E-state index contributed by atoms with van der Waals surface area (Å²) in [6.07, 6.45) is 3.54. The molecule has 0 radical (unpaired) electrons. The van der Waals surface area contributed by atoms with Gasteiger partial charge in [-0.25, -0.2) is 9.07 Å². The van der Waals surface area contributed by atoms with E-state index < -0.39 is 0 Å². The number of carbonyl (C=O) groups excluding carboxylic acids is 1. The molecule has 1 aliphatic heterocycles. The number of hydrogen-bond donors (Lipinski definition) is 1. The third-order valence-electron chi connectivity index (χ3n) is 4.87. The lowest BCUT2D eigenvalue weighted by atomic mass is 10.0. The third-order valence-corrected chi connectivity index (χ3v) is 5.19. The Morgan fingerprint density at radius 3 is 2.63 bits per heavy atom. The highest BCUT2D eigenvalue weighted by atomic mass is 35.5. The summed E-state index contributed by atoms with van der Waals surface area (Å²) < 4.78 is 15.2. The first kappa shape index (κ1) is 18.3. The summed E-state index contributed by atoms with van der Waals surface area (Å²) in [5.74, 6) is -0.629. The zero-order valence-corrected chi connectivity index (χ0v) is 16.3. The molecule has 1 aliphatic rings. The Bertz CT molecular complexity index is 1310. The fraction of sp³-hybridized carbons (Fsp3) is 0. The summed E-state index contributed by atoms with van der Waals surface area (Å²) in [5, 5.41) is 11.7. The van der Waals surface area contributed by atoms with E-state index in [1.165, 1.54) is 12.1 Å². The van der Waals surface area contributed by atoms with Crippen LogP contribution in [0.4, 0.5) is 10.1 Å². The number of carbonyl (C=O) groups is 1. The molecular weight excluding hydrogens is 403 g/mol. The SMILES string of the molecule is O=C1Nc2ccc(F)cc2/C1=C/c1ccc(-c2cn(-c3ccccc3Cl)nn2)cc1. The van der Waals surface area contributed by atoms with Crippen LogP contribution in [0, 0.1) is 5.82 Å². The van der Waals surface area contributed by atoms with Crippen molar-refractivity contribution in [2.24, 2.45) is 0 Å². The topological polar surface area (TPSA) is 59.8 Å². The summed E-state index contributed by atoms with van der Waals surface area (Å²) in [6, 6.07) is 19.2. The highest BCUT2D eigenvalue weighted by molar-refractivity contribution is 6.35. The van der Waals surface area contributed by atoms with E-state index in [1.807, 2.05) is 42.5 Å². The summed E-state index contributed by atoms with van der Waals surface area (Å²) in [4.78, 5) is 12.3. The number of nitrogens with zero attached hydrogens (tertiary/aromatic N) is 3. The second-order valence-corrected chi connectivity index (χ2v) is 7.23. The lowest BCUT2D eigenvalue weighted by molar-refractivity contribution is -0.110. The normalized spacial score (nSPS) is 14.1. The van der Waals surface area contributed by atoms with E-state index in [0.717, 1.165) is 16.8 Å². The van der Waals surface area contributed by atoms with E-state index in [9.17, 15) is 9.18 Å². The van der Waals surface area contributed by atoms with Gasteiger partial charge in [-0.05, 0) is 42.0 Å². The van der Waals surface area contributed by atoms with Crippen molar-refractivity contribution in [3.63, 3.8) is 0 Å². The van der Waals surface area contributed by atoms with Crippen molar-refractivity contribution >= 4 is 34.8 Å². The van der Waals surface area contributed by atoms with Crippen molar-refractivity contribution in [1.29, 1.82) is 0 Å². The monoisotopic (exact) mass is 416 g/mol. The summed E-state index contributed by atoms with van der Waals surface area (Å²) in [7, 11) is 0. The molecule has 1 N–H and O–H groups in total. The lowest BCUT2D eigenvalue weighted by Gasteiger charge is -2.02. The number of halogens is 2. The average molecular weight is 417 g/mol. The highest BCUT2D eigenvalue weighted by Gasteiger charge is 2.24. The molecule has 0 spiro atoms. The fourth-order valence-electron chi connectivity index (χ4n) is 3.37. The Morgan fingerprint density at radius 2 is 1.83 bits per heavy atom. The van der Waals surface area contributed by atoms with Gasteiger partial charge >= 0.3 is 0 Å². The van der Waals surface area contributed by atoms with Crippen LogP contribution in [0.1, 0.15) is 11.1 Å². The maximum atomic E-state index is 13.6. The fourth-order valence-corrected chi connectivity index (χ4v) is 3.59. The zero-order chi connectivity index (χ0) is 20.7. The molecule has 1 aromatic heterocycles. The lowest BCUT2D eigenvalue weighted by Crippen LogP contribution is -2.03. The van der Waals surface area contributed by atoms with Crippen molar-refractivity contribution in [2.75, 3.05) is 5.32 Å². The maximum Gasteiger partial charge on any atom is 0.256 e. The van der Waals surface area contributed by atoms with Gasteiger partial charge in [0.1, 0.15) is 11.5 Å². The summed E-state index contributed by atoms with van der Waals surface area (Å²) in [5.41, 5.74) is 4.74. The van der Waals surface area contributed by atoms with E-state index in [4.69, 9.17) is 11.6 Å². The molecule has 7 heteroatoms. The summed E-state index contributed by atoms with van der Waals surface area (Å²) >= 11 is 6.22. The van der Waals surface area contributed by atoms with Crippen LogP contribution in [-0.2, 0) is 4.79 Å². The van der Waals surface area contributed by atoms with Gasteiger partial charge in [-0.3, -0.25) is 4.79 Å². The predicted octanol–water partition coefficient (Wildman–Crippen LogP) is 5.22. The van der Waals surface area contributed by atoms with Gasteiger partial charge in [-0.15, -0.1) is 5.10 Å². The first-order chi connectivity index (χ1) is 14.6. The minimum Gasteiger partial charge on any atom is -0.321 e. The molecule has 0 fully saturated rings. The molecule has 0 unspecified atom stereocenters. The van der Waals surface area contributed by atoms with Gasteiger partial charge in [0.2, 0.25) is 0 Å². The first-order valence-electron chi connectivity index (χ1n) is 9.19. The minimum atomic E-state index is -0.381. The Balaban J connectivity index is 1.44. The predicted molar refractivity (Wildman–Crippen MR) is 115 cm³/mol. The minimum absolute atomic E-state index is 0.248. The molecule has 2 heterocycles. The van der Waals surface area contributed by atoms with Gasteiger partial charge < -0.3 is 5.32 Å². The van der Waals surface area contributed by atoms with Crippen LogP contribution in [0.5, 0.6) is 0 Å². The van der Waals surface area contributed by atoms with E-state index in [0.29, 0.717) is 27.5 Å². The van der Waals surface area contributed by atoms with Gasteiger partial charge in [0.25, 0.3) is 5.91 Å². The number of hydrogen-bond acceptors (Lipinski definition) is 3. The van der Waals surface area contributed by atoms with Crippen LogP contribution in [0.2, 0.25) is 5.02 Å². The van der Waals surface area contributed by atoms with Crippen molar-refractivity contribution in [2.45, 2.75) is 0 Å². The van der Waals surface area contributed by atoms with Crippen LogP contribution in [0.3, 0.4) is 0 Å². The van der Waals surface area contributed by atoms with Gasteiger partial charge in [-0.2, -0.15) is 0 Å². The molecule has 0 aliphatic carbocycles. The Hall–Kier alpha value is -3.77. The van der Waals surface area contributed by atoms with Gasteiger partial charge in [0.05, 0.1) is 16.9 Å². The molecule has 4 aromatic rings. The molecule has 1 amide bonds. The Morgan fingerprint density at radius 1 is 1.03 bits per heavy atom. The molecular formula is C23H14ClFN4O. The van der Waals surface area contributed by atoms with E-state index >= 15 is 0 Å². The van der Waals surface area contributed by atoms with Crippen LogP contribution >= 0.6 is 11.6 Å². The van der Waals surface area contributed by atoms with Crippen LogP contribution in [0.25, 0.3) is 28.6 Å². The van der Waals surface area contributed by atoms with E-state index in [1.54, 1.807) is 29.1 Å². The molecule has 146 valence electrons. The largest absolute Gasteiger partial charge is 0.321 e. The number of nitrogens with one attached hydrogen (secondary N) is 1. The first-order valence-corrected chi connectivity index (χ1v) is 9.57. The molecule has 5 rings (SSSR count). The standard InChI is InChI=1S/C23H14ClFN4O/c24-19-3-1-2-4-22(19)29-13-21(27-28-29)15-7-5-14(6-8-15)11-18-17-12-16(25)9-10-20(17)26-23(18)30/h1-13H,(H,26,30)/b18-11-. The second-order valence-electron chi connectivity index (χ2n) is 6.82. The number of anilines is 1. The molecule has 5 nitrogen and oxygen atoms in total. The number of para-hydroxylation sites is 1. The highest BCUT2D eigenvalue weighted by Crippen LogP contribution is 2.33. The zero-order valence-electron chi connectivity index (χ0n) is 15.5. The number of benzene rings is 3. The Kier molecular flexibility index (Phi) is 4.41. The smallest absolute Gasteiger partial charge is 0.256 e. The second kappa shape index (κ2) is 7.24. The van der Waals surface area contributed by atoms with E-state index in [2.05, 4.69) is 15.6 Å². The number of rotatable bonds is 3. The van der Waals surface area contributed by atoms with E-state index in [-0.39, 0.29) is 11.7 Å². The van der Waals surface area contributed by atoms with Gasteiger partial charge in [0.15, 0.2) is 0 Å². The number of aromatic nitrogens is 3. The molecule has 0 atom stereocenters. The molecule has 0 saturated heterocycles. The molecule has 30 heavy (non-hydrogen) atoms. The van der Waals surface area contributed by atoms with Crippen molar-refractivity contribution in [3.8, 4) is 16.9 Å². The number of fused-ring (bicyclic) bond motifs is 1. The molecule has 0 bridgehead atoms. The van der Waals surface area contributed by atoms with Gasteiger partial charge in [0, 0.05) is 22.4 Å². The quantitative estimate of drug-likeness (QED) is 0.466. The molecule has 0 saturated carbocycles.